The Balaban J connectivity index is 2.16. The second kappa shape index (κ2) is 6.90. The number of nitrogens with two attached hydrogens (primary N) is 1. The molecule has 1 aliphatic rings. The van der Waals surface area contributed by atoms with E-state index in [-0.39, 0.29) is 28.7 Å². The van der Waals surface area contributed by atoms with Gasteiger partial charge in [-0.25, -0.2) is 13.6 Å². The molecule has 0 aliphatic carbocycles. The number of nitrogens with zero attached hydrogens (tertiary/aromatic N) is 1. The second-order valence-corrected chi connectivity index (χ2v) is 8.06. The molecule has 1 aliphatic heterocycles. The van der Waals surface area contributed by atoms with Crippen molar-refractivity contribution in [1.82, 2.24) is 10.2 Å². The molecule has 0 unspecified atom stereocenters. The Labute approximate surface area is 142 Å². The molecule has 24 heavy (non-hydrogen) atoms. The molecule has 7 nitrogen and oxygen atoms in total. The van der Waals surface area contributed by atoms with Crippen LogP contribution in [0.2, 0.25) is 0 Å². The number of benzene rings is 1. The number of carbonyl (C=O) groups excluding carboxylic acids is 2. The van der Waals surface area contributed by atoms with Gasteiger partial charge in [-0.15, -0.1) is 0 Å². The van der Waals surface area contributed by atoms with Gasteiger partial charge in [0.25, 0.3) is 5.91 Å². The molecule has 1 aromatic rings. The Morgan fingerprint density at radius 1 is 1.21 bits per heavy atom. The van der Waals surface area contributed by atoms with E-state index in [1.165, 1.54) is 31.2 Å². The fourth-order valence-electron chi connectivity index (χ4n) is 3.05. The lowest BCUT2D eigenvalue weighted by atomic mass is 9.91. The van der Waals surface area contributed by atoms with E-state index < -0.39 is 10.0 Å². The highest BCUT2D eigenvalue weighted by Crippen LogP contribution is 2.26. The zero-order chi connectivity index (χ0) is 18.1. The zero-order valence-corrected chi connectivity index (χ0v) is 14.8. The highest BCUT2D eigenvalue weighted by Gasteiger charge is 2.37. The lowest BCUT2D eigenvalue weighted by Gasteiger charge is -2.21. The van der Waals surface area contributed by atoms with Gasteiger partial charge in [-0.3, -0.25) is 9.59 Å². The Morgan fingerprint density at radius 2 is 1.79 bits per heavy atom. The monoisotopic (exact) mass is 353 g/mol. The molecule has 8 heteroatoms. The van der Waals surface area contributed by atoms with Gasteiger partial charge in [-0.1, -0.05) is 13.8 Å². The van der Waals surface area contributed by atoms with Gasteiger partial charge < -0.3 is 10.2 Å². The summed E-state index contributed by atoms with van der Waals surface area (Å²) in [6, 6.07) is 5.49. The average molecular weight is 353 g/mol. The summed E-state index contributed by atoms with van der Waals surface area (Å²) in [6.45, 7) is 6.59. The van der Waals surface area contributed by atoms with Gasteiger partial charge in [0.1, 0.15) is 0 Å². The van der Waals surface area contributed by atoms with Crippen molar-refractivity contribution < 1.29 is 18.0 Å². The highest BCUT2D eigenvalue weighted by atomic mass is 32.2. The fraction of sp³-hybridized carbons (Fsp3) is 0.500. The SMILES string of the molecule is CC(=O)N[C@@H]1CN(C(=O)c2ccc(S(N)(=O)=O)cc2)C[C@H]1C(C)C. The Hall–Kier alpha value is -1.93. The van der Waals surface area contributed by atoms with Crippen LogP contribution in [0.4, 0.5) is 0 Å². The fourth-order valence-corrected chi connectivity index (χ4v) is 3.57. The van der Waals surface area contributed by atoms with E-state index in [4.69, 9.17) is 5.14 Å². The van der Waals surface area contributed by atoms with E-state index in [1.807, 2.05) is 0 Å². The van der Waals surface area contributed by atoms with Crippen LogP contribution in [0.3, 0.4) is 0 Å². The van der Waals surface area contributed by atoms with Gasteiger partial charge in [0.2, 0.25) is 15.9 Å². The first-order chi connectivity index (χ1) is 11.1. The quantitative estimate of drug-likeness (QED) is 0.824. The molecule has 2 amide bonds. The molecule has 0 saturated carbocycles. The summed E-state index contributed by atoms with van der Waals surface area (Å²) in [6.07, 6.45) is 0. The standard InChI is InChI=1S/C16H23N3O4S/c1-10(2)14-8-19(9-15(14)18-11(3)20)16(21)12-4-6-13(7-5-12)24(17,22)23/h4-7,10,14-15H,8-9H2,1-3H3,(H,18,20)(H2,17,22,23)/t14-,15+/m0/s1. The van der Waals surface area contributed by atoms with Crippen molar-refractivity contribution in [2.24, 2.45) is 17.0 Å². The summed E-state index contributed by atoms with van der Waals surface area (Å²) in [5.41, 5.74) is 0.397. The lowest BCUT2D eigenvalue weighted by Crippen LogP contribution is -2.41. The minimum atomic E-state index is -3.78. The van der Waals surface area contributed by atoms with Crippen LogP contribution in [-0.4, -0.2) is 44.3 Å². The Kier molecular flexibility index (Phi) is 5.29. The van der Waals surface area contributed by atoms with Crippen LogP contribution >= 0.6 is 0 Å². The number of rotatable bonds is 4. The van der Waals surface area contributed by atoms with Gasteiger partial charge in [-0.2, -0.15) is 0 Å². The van der Waals surface area contributed by atoms with E-state index in [2.05, 4.69) is 19.2 Å². The Bertz CT molecular complexity index is 728. The molecule has 1 fully saturated rings. The molecule has 1 aromatic carbocycles. The highest BCUT2D eigenvalue weighted by molar-refractivity contribution is 7.89. The number of likely N-dealkylation sites (tertiary alicyclic amines) is 1. The number of sulfonamides is 1. The third-order valence-electron chi connectivity index (χ3n) is 4.33. The van der Waals surface area contributed by atoms with Gasteiger partial charge in [-0.05, 0) is 30.2 Å². The number of hydrogen-bond donors (Lipinski definition) is 2. The first-order valence-corrected chi connectivity index (χ1v) is 9.33. The van der Waals surface area contributed by atoms with Gasteiger partial charge >= 0.3 is 0 Å². The predicted molar refractivity (Wildman–Crippen MR) is 89.7 cm³/mol. The molecular formula is C16H23N3O4S. The van der Waals surface area contributed by atoms with Crippen LogP contribution in [0, 0.1) is 11.8 Å². The van der Waals surface area contributed by atoms with Crippen molar-refractivity contribution in [3.8, 4) is 0 Å². The van der Waals surface area contributed by atoms with Crippen LogP contribution in [0.25, 0.3) is 0 Å². The Morgan fingerprint density at radius 3 is 2.25 bits per heavy atom. The van der Waals surface area contributed by atoms with Crippen LogP contribution < -0.4 is 10.5 Å². The molecule has 0 bridgehead atoms. The van der Waals surface area contributed by atoms with Gasteiger partial charge in [0, 0.05) is 31.5 Å². The summed E-state index contributed by atoms with van der Waals surface area (Å²) in [5, 5.41) is 7.97. The number of hydrogen-bond acceptors (Lipinski definition) is 4. The molecule has 0 aromatic heterocycles. The van der Waals surface area contributed by atoms with Crippen LogP contribution in [-0.2, 0) is 14.8 Å². The summed E-state index contributed by atoms with van der Waals surface area (Å²) >= 11 is 0. The maximum atomic E-state index is 12.6. The smallest absolute Gasteiger partial charge is 0.253 e. The third kappa shape index (κ3) is 4.12. The van der Waals surface area contributed by atoms with E-state index in [0.717, 1.165) is 0 Å². The topological polar surface area (TPSA) is 110 Å². The van der Waals surface area contributed by atoms with E-state index in [0.29, 0.717) is 24.6 Å². The summed E-state index contributed by atoms with van der Waals surface area (Å²) in [5.74, 6) is 0.206. The van der Waals surface area contributed by atoms with Crippen molar-refractivity contribution in [2.45, 2.75) is 31.7 Å². The van der Waals surface area contributed by atoms with Crippen molar-refractivity contribution in [1.29, 1.82) is 0 Å². The lowest BCUT2D eigenvalue weighted by molar-refractivity contribution is -0.119. The van der Waals surface area contributed by atoms with E-state index in [9.17, 15) is 18.0 Å². The summed E-state index contributed by atoms with van der Waals surface area (Å²) in [7, 11) is -3.78. The number of nitrogens with one attached hydrogen (secondary N) is 1. The molecule has 132 valence electrons. The van der Waals surface area contributed by atoms with E-state index >= 15 is 0 Å². The average Bonchev–Trinajstić information content (AvgIpc) is 2.89. The molecule has 0 radical (unpaired) electrons. The molecule has 3 N–H and O–H groups in total. The van der Waals surface area contributed by atoms with Crippen molar-refractivity contribution in [2.75, 3.05) is 13.1 Å². The number of carbonyl (C=O) groups is 2. The largest absolute Gasteiger partial charge is 0.351 e. The predicted octanol–water partition coefficient (Wildman–Crippen LogP) is 0.567. The maximum absolute atomic E-state index is 12.6. The van der Waals surface area contributed by atoms with Gasteiger partial charge in [0.05, 0.1) is 10.9 Å². The van der Waals surface area contributed by atoms with Crippen LogP contribution in [0.5, 0.6) is 0 Å². The molecule has 1 heterocycles. The zero-order valence-electron chi connectivity index (χ0n) is 14.0. The van der Waals surface area contributed by atoms with Crippen LogP contribution in [0.1, 0.15) is 31.1 Å². The third-order valence-corrected chi connectivity index (χ3v) is 5.26. The molecule has 0 spiro atoms. The van der Waals surface area contributed by atoms with E-state index in [1.54, 1.807) is 4.90 Å². The van der Waals surface area contributed by atoms with Crippen molar-refractivity contribution >= 4 is 21.8 Å². The first kappa shape index (κ1) is 18.4. The van der Waals surface area contributed by atoms with Crippen molar-refractivity contribution in [3.05, 3.63) is 29.8 Å². The normalized spacial score (nSPS) is 21.1. The molecule has 2 rings (SSSR count). The van der Waals surface area contributed by atoms with Crippen molar-refractivity contribution in [3.63, 3.8) is 0 Å². The van der Waals surface area contributed by atoms with Crippen LogP contribution in [0.15, 0.2) is 29.2 Å². The first-order valence-electron chi connectivity index (χ1n) is 7.79. The maximum Gasteiger partial charge on any atom is 0.253 e. The van der Waals surface area contributed by atoms with Gasteiger partial charge in [0.15, 0.2) is 0 Å². The number of amides is 2. The minimum absolute atomic E-state index is 0.0309. The minimum Gasteiger partial charge on any atom is -0.351 e. The second-order valence-electron chi connectivity index (χ2n) is 6.49. The number of primary sulfonamides is 1. The summed E-state index contributed by atoms with van der Waals surface area (Å²) in [4.78, 5) is 25.7. The molecule has 2 atom stereocenters. The molecular weight excluding hydrogens is 330 g/mol. The molecule has 1 saturated heterocycles. The summed E-state index contributed by atoms with van der Waals surface area (Å²) < 4.78 is 22.6.